The Morgan fingerprint density at radius 2 is 1.56 bits per heavy atom. The number of terminal acetylenes is 1. The summed E-state index contributed by atoms with van der Waals surface area (Å²) in [5, 5.41) is -0.242. The van der Waals surface area contributed by atoms with Crippen LogP contribution in [0.5, 0.6) is 0 Å². The molecule has 0 saturated carbocycles. The van der Waals surface area contributed by atoms with Crippen molar-refractivity contribution in [2.24, 2.45) is 0 Å². The van der Waals surface area contributed by atoms with Gasteiger partial charge in [-0.1, -0.05) is 29.1 Å². The van der Waals surface area contributed by atoms with E-state index < -0.39 is 11.8 Å². The highest BCUT2D eigenvalue weighted by atomic mass is 35.5. The van der Waals surface area contributed by atoms with Gasteiger partial charge in [-0.15, -0.1) is 6.42 Å². The molecule has 0 unspecified atom stereocenters. The Bertz CT molecular complexity index is 509. The molecule has 7 heteroatoms. The van der Waals surface area contributed by atoms with Crippen LogP contribution in [-0.4, -0.2) is 33.2 Å². The van der Waals surface area contributed by atoms with E-state index in [1.165, 1.54) is 0 Å². The normalized spacial score (nSPS) is 13.9. The van der Waals surface area contributed by atoms with Crippen molar-refractivity contribution in [1.29, 1.82) is 0 Å². The fourth-order valence-electron chi connectivity index (χ4n) is 1.28. The smallest absolute Gasteiger partial charge is 0.267 e. The number of carbonyl (C=O) groups excluding carboxylic acids is 2. The van der Waals surface area contributed by atoms with Gasteiger partial charge in [-0.2, -0.15) is 0 Å². The third-order valence-corrected chi connectivity index (χ3v) is 2.58. The van der Waals surface area contributed by atoms with Crippen molar-refractivity contribution in [3.8, 4) is 12.3 Å². The summed E-state index contributed by atoms with van der Waals surface area (Å²) in [6.45, 7) is -0.134. The first-order chi connectivity index (χ1) is 7.56. The molecular formula is C9H3Cl2N3O2. The van der Waals surface area contributed by atoms with E-state index in [0.29, 0.717) is 0 Å². The number of halogens is 2. The van der Waals surface area contributed by atoms with E-state index in [2.05, 4.69) is 15.9 Å². The Labute approximate surface area is 100 Å². The van der Waals surface area contributed by atoms with Crippen LogP contribution in [0, 0.1) is 12.3 Å². The van der Waals surface area contributed by atoms with Crippen LogP contribution in [0.4, 0.5) is 0 Å². The summed E-state index contributed by atoms with van der Waals surface area (Å²) in [5.74, 6) is 0.982. The summed E-state index contributed by atoms with van der Waals surface area (Å²) >= 11 is 11.2. The van der Waals surface area contributed by atoms with Gasteiger partial charge in [0.15, 0.2) is 21.7 Å². The monoisotopic (exact) mass is 255 g/mol. The maximum atomic E-state index is 11.7. The van der Waals surface area contributed by atoms with Gasteiger partial charge in [0.2, 0.25) is 0 Å². The zero-order chi connectivity index (χ0) is 11.9. The first-order valence-electron chi connectivity index (χ1n) is 4.09. The molecule has 0 aromatic carbocycles. The predicted molar refractivity (Wildman–Crippen MR) is 56.3 cm³/mol. The molecule has 5 nitrogen and oxygen atoms in total. The van der Waals surface area contributed by atoms with Crippen LogP contribution >= 0.6 is 23.2 Å². The van der Waals surface area contributed by atoms with Gasteiger partial charge in [0.05, 0.1) is 6.54 Å². The first kappa shape index (κ1) is 10.9. The quantitative estimate of drug-likeness (QED) is 0.555. The maximum absolute atomic E-state index is 11.7. The Morgan fingerprint density at radius 1 is 1.12 bits per heavy atom. The van der Waals surface area contributed by atoms with E-state index in [0.717, 1.165) is 4.90 Å². The molecule has 0 fully saturated rings. The number of nitrogens with zero attached hydrogens (tertiary/aromatic N) is 3. The molecule has 0 atom stereocenters. The number of hydrogen-bond donors (Lipinski definition) is 0. The Kier molecular flexibility index (Phi) is 2.54. The van der Waals surface area contributed by atoms with Crippen molar-refractivity contribution in [2.75, 3.05) is 6.54 Å². The minimum absolute atomic E-state index is 0.116. The molecule has 80 valence electrons. The minimum Gasteiger partial charge on any atom is -0.267 e. The molecule has 1 aliphatic rings. The summed E-state index contributed by atoms with van der Waals surface area (Å²) in [6, 6.07) is 0. The molecule has 16 heavy (non-hydrogen) atoms. The van der Waals surface area contributed by atoms with Crippen LogP contribution < -0.4 is 0 Å². The van der Waals surface area contributed by atoms with Gasteiger partial charge in [-0.3, -0.25) is 14.5 Å². The van der Waals surface area contributed by atoms with Crippen LogP contribution in [-0.2, 0) is 0 Å². The molecule has 1 aromatic heterocycles. The van der Waals surface area contributed by atoms with E-state index in [9.17, 15) is 9.59 Å². The van der Waals surface area contributed by atoms with Crippen LogP contribution in [0.1, 0.15) is 21.0 Å². The lowest BCUT2D eigenvalue weighted by Crippen LogP contribution is -2.30. The standard InChI is InChI=1S/C9H3Cl2N3O2/c1-2-3-14-8(15)4-5(9(14)16)13-7(11)6(10)12-4/h1H,3H2. The second-order valence-electron chi connectivity index (χ2n) is 2.90. The molecule has 0 N–H and O–H groups in total. The molecule has 0 spiro atoms. The molecule has 0 aliphatic carbocycles. The van der Waals surface area contributed by atoms with Crippen molar-refractivity contribution in [2.45, 2.75) is 0 Å². The maximum Gasteiger partial charge on any atom is 0.282 e. The number of amides is 2. The summed E-state index contributed by atoms with van der Waals surface area (Å²) in [5.41, 5.74) is -0.232. The first-order valence-corrected chi connectivity index (χ1v) is 4.84. The number of rotatable bonds is 1. The molecule has 1 aromatic rings. The predicted octanol–water partition coefficient (Wildman–Crippen LogP) is 1.01. The molecule has 0 radical (unpaired) electrons. The van der Waals surface area contributed by atoms with Gasteiger partial charge in [0, 0.05) is 0 Å². The number of aromatic nitrogens is 2. The number of carbonyl (C=O) groups is 2. The fourth-order valence-corrected chi connectivity index (χ4v) is 1.53. The largest absolute Gasteiger partial charge is 0.282 e. The third-order valence-electron chi connectivity index (χ3n) is 1.96. The van der Waals surface area contributed by atoms with Crippen LogP contribution in [0.25, 0.3) is 0 Å². The Balaban J connectivity index is 2.57. The van der Waals surface area contributed by atoms with E-state index in [4.69, 9.17) is 29.6 Å². The highest BCUT2D eigenvalue weighted by Gasteiger charge is 2.38. The third kappa shape index (κ3) is 1.43. The molecule has 1 aliphatic heterocycles. The van der Waals surface area contributed by atoms with Crippen molar-refractivity contribution in [3.63, 3.8) is 0 Å². The van der Waals surface area contributed by atoms with Gasteiger partial charge in [0.25, 0.3) is 11.8 Å². The van der Waals surface area contributed by atoms with Crippen LogP contribution in [0.15, 0.2) is 0 Å². The van der Waals surface area contributed by atoms with Crippen molar-refractivity contribution < 1.29 is 9.59 Å². The Morgan fingerprint density at radius 3 is 1.94 bits per heavy atom. The van der Waals surface area contributed by atoms with Gasteiger partial charge in [-0.05, 0) is 0 Å². The number of hydrogen-bond acceptors (Lipinski definition) is 4. The van der Waals surface area contributed by atoms with Crippen molar-refractivity contribution >= 4 is 35.0 Å². The lowest BCUT2D eigenvalue weighted by Gasteiger charge is -2.07. The van der Waals surface area contributed by atoms with Crippen molar-refractivity contribution in [1.82, 2.24) is 14.9 Å². The second kappa shape index (κ2) is 3.74. The number of imide groups is 1. The van der Waals surface area contributed by atoms with E-state index in [-0.39, 0.29) is 28.2 Å². The van der Waals surface area contributed by atoms with Crippen molar-refractivity contribution in [3.05, 3.63) is 21.7 Å². The SMILES string of the molecule is C#CCN1C(=O)c2nc(Cl)c(Cl)nc2C1=O. The summed E-state index contributed by atoms with van der Waals surface area (Å²) < 4.78 is 0. The lowest BCUT2D eigenvalue weighted by atomic mass is 10.3. The summed E-state index contributed by atoms with van der Waals surface area (Å²) in [7, 11) is 0. The average molecular weight is 256 g/mol. The second-order valence-corrected chi connectivity index (χ2v) is 3.62. The topological polar surface area (TPSA) is 63.2 Å². The van der Waals surface area contributed by atoms with Crippen LogP contribution in [0.2, 0.25) is 10.3 Å². The zero-order valence-electron chi connectivity index (χ0n) is 7.70. The number of fused-ring (bicyclic) bond motifs is 1. The lowest BCUT2D eigenvalue weighted by molar-refractivity contribution is 0.0671. The summed E-state index contributed by atoms with van der Waals surface area (Å²) in [6.07, 6.45) is 5.04. The summed E-state index contributed by atoms with van der Waals surface area (Å²) in [4.78, 5) is 31.6. The van der Waals surface area contributed by atoms with Gasteiger partial charge < -0.3 is 0 Å². The molecular weight excluding hydrogens is 253 g/mol. The fraction of sp³-hybridized carbons (Fsp3) is 0.111. The highest BCUT2D eigenvalue weighted by Crippen LogP contribution is 2.25. The van der Waals surface area contributed by atoms with Gasteiger partial charge in [-0.25, -0.2) is 9.97 Å². The van der Waals surface area contributed by atoms with E-state index in [1.54, 1.807) is 0 Å². The highest BCUT2D eigenvalue weighted by molar-refractivity contribution is 6.40. The molecule has 2 rings (SSSR count). The minimum atomic E-state index is -0.607. The molecule has 2 heterocycles. The van der Waals surface area contributed by atoms with Crippen LogP contribution in [0.3, 0.4) is 0 Å². The zero-order valence-corrected chi connectivity index (χ0v) is 9.21. The van der Waals surface area contributed by atoms with Gasteiger partial charge in [0.1, 0.15) is 0 Å². The van der Waals surface area contributed by atoms with E-state index in [1.807, 2.05) is 0 Å². The molecule has 2 amide bonds. The Hall–Kier alpha value is -1.64. The van der Waals surface area contributed by atoms with E-state index >= 15 is 0 Å². The van der Waals surface area contributed by atoms with Gasteiger partial charge >= 0.3 is 0 Å². The average Bonchev–Trinajstić information content (AvgIpc) is 2.46. The molecule has 0 bridgehead atoms. The molecule has 0 saturated heterocycles.